The molecule has 0 aliphatic heterocycles. The Labute approximate surface area is 331 Å². The molecule has 0 saturated carbocycles. The van der Waals surface area contributed by atoms with Gasteiger partial charge in [-0.1, -0.05) is 231 Å². The first-order chi connectivity index (χ1) is 26.1. The van der Waals surface area contributed by atoms with Crippen LogP contribution in [-0.2, 0) is 4.79 Å². The van der Waals surface area contributed by atoms with Crippen molar-refractivity contribution in [3.63, 3.8) is 0 Å². The Morgan fingerprint density at radius 2 is 0.755 bits per heavy atom. The van der Waals surface area contributed by atoms with E-state index in [4.69, 9.17) is 0 Å². The van der Waals surface area contributed by atoms with Gasteiger partial charge in [0.05, 0.1) is 18.8 Å². The molecule has 3 unspecified atom stereocenters. The molecule has 0 bridgehead atoms. The van der Waals surface area contributed by atoms with Crippen LogP contribution in [0.2, 0.25) is 0 Å². The highest BCUT2D eigenvalue weighted by atomic mass is 16.3. The Bertz CT molecular complexity index is 784. The summed E-state index contributed by atoms with van der Waals surface area (Å²) in [5.74, 6) is -0.504. The van der Waals surface area contributed by atoms with Gasteiger partial charge in [-0.25, -0.2) is 0 Å². The zero-order valence-electron chi connectivity index (χ0n) is 35.7. The van der Waals surface area contributed by atoms with Gasteiger partial charge in [0.2, 0.25) is 5.91 Å². The summed E-state index contributed by atoms with van der Waals surface area (Å²) in [5.41, 5.74) is 0. The van der Waals surface area contributed by atoms with Gasteiger partial charge in [0.1, 0.15) is 6.10 Å². The summed E-state index contributed by atoms with van der Waals surface area (Å²) in [6, 6.07) is -0.797. The van der Waals surface area contributed by atoms with Crippen LogP contribution in [-0.4, -0.2) is 46.1 Å². The number of aliphatic hydroxyl groups is 3. The lowest BCUT2D eigenvalue weighted by molar-refractivity contribution is -0.131. The first-order valence-corrected chi connectivity index (χ1v) is 23.7. The van der Waals surface area contributed by atoms with Gasteiger partial charge in [-0.15, -0.1) is 0 Å². The lowest BCUT2D eigenvalue weighted by atomic mass is 10.0. The Morgan fingerprint density at radius 1 is 0.453 bits per heavy atom. The second-order valence-corrected chi connectivity index (χ2v) is 16.3. The zero-order chi connectivity index (χ0) is 38.7. The predicted molar refractivity (Wildman–Crippen MR) is 231 cm³/mol. The molecule has 0 aliphatic rings. The molecular formula is C48H93NO4. The van der Waals surface area contributed by atoms with Gasteiger partial charge in [0.15, 0.2) is 0 Å². The lowest BCUT2D eigenvalue weighted by Crippen LogP contribution is -2.48. The molecule has 314 valence electrons. The Kier molecular flexibility index (Phi) is 42.6. The number of carbonyl (C=O) groups excluding carboxylic acids is 1. The summed E-state index contributed by atoms with van der Waals surface area (Å²) < 4.78 is 0. The molecule has 5 heteroatoms. The van der Waals surface area contributed by atoms with Crippen LogP contribution in [0.3, 0.4) is 0 Å². The van der Waals surface area contributed by atoms with Crippen molar-refractivity contribution >= 4 is 5.91 Å². The summed E-state index contributed by atoms with van der Waals surface area (Å²) in [7, 11) is 0. The summed E-state index contributed by atoms with van der Waals surface area (Å²) in [5, 5.41) is 33.2. The molecule has 0 aromatic carbocycles. The highest BCUT2D eigenvalue weighted by Gasteiger charge is 2.22. The highest BCUT2D eigenvalue weighted by Crippen LogP contribution is 2.16. The molecule has 0 aromatic heterocycles. The molecule has 0 spiro atoms. The molecule has 0 aliphatic carbocycles. The van der Waals surface area contributed by atoms with Crippen LogP contribution in [0, 0.1) is 0 Å². The number of allylic oxidation sites excluding steroid dienone is 3. The van der Waals surface area contributed by atoms with Crippen LogP contribution in [0.25, 0.3) is 0 Å². The van der Waals surface area contributed by atoms with Crippen molar-refractivity contribution in [1.82, 2.24) is 5.32 Å². The van der Waals surface area contributed by atoms with E-state index in [1.807, 2.05) is 6.08 Å². The fourth-order valence-corrected chi connectivity index (χ4v) is 7.30. The van der Waals surface area contributed by atoms with E-state index >= 15 is 0 Å². The molecule has 0 fully saturated rings. The Balaban J connectivity index is 3.62. The molecule has 1 amide bonds. The molecule has 0 radical (unpaired) electrons. The van der Waals surface area contributed by atoms with Crippen LogP contribution < -0.4 is 5.32 Å². The Hall–Kier alpha value is -1.17. The number of rotatable bonds is 43. The van der Waals surface area contributed by atoms with E-state index in [1.165, 1.54) is 199 Å². The maximum Gasteiger partial charge on any atom is 0.249 e. The standard InChI is InChI=1S/C48H93NO4/c1-3-5-7-9-11-13-15-17-19-20-21-22-23-24-25-26-27-29-31-33-35-37-39-41-43-47(52)48(53)49-45(44-50)46(51)42-40-38-36-34-32-30-28-18-16-14-12-10-8-6-4-2/h24-25,40,42,45-47,50-52H,3-23,26-39,41,43-44H2,1-2H3,(H,49,53)/b25-24-,42-40+. The van der Waals surface area contributed by atoms with Crippen LogP contribution in [0.5, 0.6) is 0 Å². The minimum atomic E-state index is -1.10. The van der Waals surface area contributed by atoms with Crippen molar-refractivity contribution in [2.45, 2.75) is 270 Å². The van der Waals surface area contributed by atoms with Gasteiger partial charge in [0.25, 0.3) is 0 Å². The number of hydrogen-bond acceptors (Lipinski definition) is 4. The van der Waals surface area contributed by atoms with Crippen molar-refractivity contribution in [3.05, 3.63) is 24.3 Å². The molecule has 0 saturated heterocycles. The summed E-state index contributed by atoms with van der Waals surface area (Å²) in [6.45, 7) is 4.19. The number of unbranched alkanes of at least 4 members (excludes halogenated alkanes) is 33. The second kappa shape index (κ2) is 43.6. The second-order valence-electron chi connectivity index (χ2n) is 16.3. The molecular weight excluding hydrogens is 655 g/mol. The topological polar surface area (TPSA) is 89.8 Å². The SMILES string of the molecule is CCCCCCCCCCCCCC/C=C\CCCCCCCCCCC(O)C(=O)NC(CO)C(O)/C=C/CCCCCCCCCCCCCCC. The zero-order valence-corrected chi connectivity index (χ0v) is 35.7. The third kappa shape index (κ3) is 38.9. The van der Waals surface area contributed by atoms with E-state index in [2.05, 4.69) is 31.3 Å². The number of aliphatic hydroxyl groups excluding tert-OH is 3. The molecule has 0 heterocycles. The van der Waals surface area contributed by atoms with E-state index in [0.29, 0.717) is 6.42 Å². The van der Waals surface area contributed by atoms with E-state index in [1.54, 1.807) is 6.08 Å². The van der Waals surface area contributed by atoms with Crippen molar-refractivity contribution < 1.29 is 20.1 Å². The molecule has 5 nitrogen and oxygen atoms in total. The van der Waals surface area contributed by atoms with E-state index in [9.17, 15) is 20.1 Å². The third-order valence-electron chi connectivity index (χ3n) is 11.0. The number of hydrogen-bond donors (Lipinski definition) is 4. The summed E-state index contributed by atoms with van der Waals surface area (Å²) in [4.78, 5) is 12.5. The average molecular weight is 748 g/mol. The maximum absolute atomic E-state index is 12.5. The summed E-state index contributed by atoms with van der Waals surface area (Å²) in [6.07, 6.45) is 53.6. The van der Waals surface area contributed by atoms with E-state index < -0.39 is 24.2 Å². The fourth-order valence-electron chi connectivity index (χ4n) is 7.30. The summed E-state index contributed by atoms with van der Waals surface area (Å²) >= 11 is 0. The van der Waals surface area contributed by atoms with Gasteiger partial charge >= 0.3 is 0 Å². The van der Waals surface area contributed by atoms with Gasteiger partial charge in [-0.3, -0.25) is 4.79 Å². The highest BCUT2D eigenvalue weighted by molar-refractivity contribution is 5.80. The molecule has 4 N–H and O–H groups in total. The molecule has 3 atom stereocenters. The predicted octanol–water partition coefficient (Wildman–Crippen LogP) is 13.8. The average Bonchev–Trinajstić information content (AvgIpc) is 3.16. The van der Waals surface area contributed by atoms with E-state index in [-0.39, 0.29) is 6.61 Å². The maximum atomic E-state index is 12.5. The number of carbonyl (C=O) groups is 1. The number of amides is 1. The Morgan fingerprint density at radius 3 is 1.09 bits per heavy atom. The smallest absolute Gasteiger partial charge is 0.249 e. The van der Waals surface area contributed by atoms with Crippen LogP contribution in [0.15, 0.2) is 24.3 Å². The van der Waals surface area contributed by atoms with Crippen molar-refractivity contribution in [3.8, 4) is 0 Å². The minimum Gasteiger partial charge on any atom is -0.394 e. The van der Waals surface area contributed by atoms with Crippen molar-refractivity contribution in [2.24, 2.45) is 0 Å². The first-order valence-electron chi connectivity index (χ1n) is 23.7. The molecule has 0 aromatic rings. The minimum absolute atomic E-state index is 0.363. The lowest BCUT2D eigenvalue weighted by Gasteiger charge is -2.21. The van der Waals surface area contributed by atoms with Crippen LogP contribution in [0.4, 0.5) is 0 Å². The fraction of sp³-hybridized carbons (Fsp3) is 0.896. The molecule has 53 heavy (non-hydrogen) atoms. The third-order valence-corrected chi connectivity index (χ3v) is 11.0. The molecule has 0 rings (SSSR count). The normalized spacial score (nSPS) is 13.7. The van der Waals surface area contributed by atoms with Gasteiger partial charge < -0.3 is 20.6 Å². The van der Waals surface area contributed by atoms with Crippen LogP contribution >= 0.6 is 0 Å². The van der Waals surface area contributed by atoms with Gasteiger partial charge in [0, 0.05) is 0 Å². The van der Waals surface area contributed by atoms with Crippen molar-refractivity contribution in [2.75, 3.05) is 6.61 Å². The quantitative estimate of drug-likeness (QED) is 0.0369. The van der Waals surface area contributed by atoms with Gasteiger partial charge in [-0.05, 0) is 44.9 Å². The number of nitrogens with one attached hydrogen (secondary N) is 1. The first kappa shape index (κ1) is 51.8. The largest absolute Gasteiger partial charge is 0.394 e. The van der Waals surface area contributed by atoms with Gasteiger partial charge in [-0.2, -0.15) is 0 Å². The van der Waals surface area contributed by atoms with E-state index in [0.717, 1.165) is 32.1 Å². The van der Waals surface area contributed by atoms with Crippen LogP contribution in [0.1, 0.15) is 251 Å². The van der Waals surface area contributed by atoms with Crippen molar-refractivity contribution in [1.29, 1.82) is 0 Å². The monoisotopic (exact) mass is 748 g/mol.